The molecule has 1 fully saturated rings. The van der Waals surface area contributed by atoms with Gasteiger partial charge in [0.25, 0.3) is 0 Å². The van der Waals surface area contributed by atoms with Crippen molar-refractivity contribution >= 4 is 11.4 Å². The quantitative estimate of drug-likeness (QED) is 0.880. The van der Waals surface area contributed by atoms with Crippen LogP contribution in [0.5, 0.6) is 0 Å². The molecule has 0 spiro atoms. The van der Waals surface area contributed by atoms with Crippen molar-refractivity contribution in [3.05, 3.63) is 24.3 Å². The van der Waals surface area contributed by atoms with Crippen molar-refractivity contribution in [1.82, 2.24) is 0 Å². The van der Waals surface area contributed by atoms with Crippen LogP contribution in [0.3, 0.4) is 0 Å². The lowest BCUT2D eigenvalue weighted by Gasteiger charge is -2.52. The van der Waals surface area contributed by atoms with Crippen molar-refractivity contribution in [3.63, 3.8) is 0 Å². The first-order valence-corrected chi connectivity index (χ1v) is 7.10. The Hall–Kier alpha value is -1.22. The van der Waals surface area contributed by atoms with E-state index in [0.717, 1.165) is 13.0 Å². The molecule has 0 saturated heterocycles. The predicted molar refractivity (Wildman–Crippen MR) is 82.0 cm³/mol. The number of ether oxygens (including phenoxy) is 1. The van der Waals surface area contributed by atoms with Crippen molar-refractivity contribution in [3.8, 4) is 0 Å². The van der Waals surface area contributed by atoms with Crippen molar-refractivity contribution in [2.75, 3.05) is 30.9 Å². The monoisotopic (exact) mass is 262 g/mol. The zero-order valence-electron chi connectivity index (χ0n) is 12.7. The zero-order valence-corrected chi connectivity index (χ0v) is 12.7. The number of hydrogen-bond acceptors (Lipinski definition) is 3. The third-order valence-corrected chi connectivity index (χ3v) is 4.27. The van der Waals surface area contributed by atoms with Gasteiger partial charge in [-0.2, -0.15) is 0 Å². The highest BCUT2D eigenvalue weighted by Gasteiger charge is 2.48. The van der Waals surface area contributed by atoms with Crippen LogP contribution in [-0.4, -0.2) is 32.8 Å². The summed E-state index contributed by atoms with van der Waals surface area (Å²) in [5.74, 6) is 0. The van der Waals surface area contributed by atoms with Gasteiger partial charge in [-0.15, -0.1) is 0 Å². The molecule has 1 aromatic carbocycles. The topological polar surface area (TPSA) is 24.5 Å². The van der Waals surface area contributed by atoms with E-state index in [1.807, 2.05) is 0 Å². The second-order valence-corrected chi connectivity index (χ2v) is 6.14. The first-order valence-electron chi connectivity index (χ1n) is 7.10. The molecule has 1 aliphatic carbocycles. The molecule has 3 nitrogen and oxygen atoms in total. The van der Waals surface area contributed by atoms with Gasteiger partial charge in [0.05, 0.1) is 6.10 Å². The second-order valence-electron chi connectivity index (χ2n) is 6.14. The minimum atomic E-state index is 0.205. The van der Waals surface area contributed by atoms with Crippen molar-refractivity contribution in [2.24, 2.45) is 5.41 Å². The van der Waals surface area contributed by atoms with Gasteiger partial charge in [0.15, 0.2) is 0 Å². The minimum absolute atomic E-state index is 0.205. The largest absolute Gasteiger partial charge is 0.382 e. The molecule has 3 heteroatoms. The molecular formula is C16H26N2O. The number of benzene rings is 1. The Morgan fingerprint density at radius 3 is 2.37 bits per heavy atom. The van der Waals surface area contributed by atoms with E-state index in [0.29, 0.717) is 12.1 Å². The third kappa shape index (κ3) is 2.86. The van der Waals surface area contributed by atoms with Gasteiger partial charge in [-0.05, 0) is 37.6 Å². The average molecular weight is 262 g/mol. The van der Waals surface area contributed by atoms with E-state index in [1.54, 1.807) is 0 Å². The molecule has 1 saturated carbocycles. The Bertz CT molecular complexity index is 411. The molecule has 2 unspecified atom stereocenters. The molecule has 106 valence electrons. The van der Waals surface area contributed by atoms with Crippen LogP contribution in [-0.2, 0) is 4.74 Å². The lowest BCUT2D eigenvalue weighted by Crippen LogP contribution is -2.58. The molecule has 0 heterocycles. The summed E-state index contributed by atoms with van der Waals surface area (Å²) in [5, 5.41) is 3.62. The lowest BCUT2D eigenvalue weighted by atomic mass is 9.64. The molecule has 1 aliphatic rings. The van der Waals surface area contributed by atoms with Crippen LogP contribution in [0.4, 0.5) is 11.4 Å². The van der Waals surface area contributed by atoms with E-state index in [9.17, 15) is 0 Å². The Labute approximate surface area is 116 Å². The van der Waals surface area contributed by atoms with Crippen molar-refractivity contribution in [2.45, 2.75) is 39.3 Å². The van der Waals surface area contributed by atoms with E-state index in [-0.39, 0.29) is 5.41 Å². The summed E-state index contributed by atoms with van der Waals surface area (Å²) in [6, 6.07) is 9.09. The number of anilines is 2. The number of nitrogens with one attached hydrogen (secondary N) is 1. The van der Waals surface area contributed by atoms with Crippen molar-refractivity contribution < 1.29 is 4.74 Å². The molecule has 2 atom stereocenters. The zero-order chi connectivity index (χ0) is 14.0. The number of hydrogen-bond donors (Lipinski definition) is 1. The Balaban J connectivity index is 1.95. The fourth-order valence-corrected chi connectivity index (χ4v) is 2.67. The van der Waals surface area contributed by atoms with Crippen LogP contribution in [0.1, 0.15) is 27.2 Å². The first kappa shape index (κ1) is 14.2. The summed E-state index contributed by atoms with van der Waals surface area (Å²) in [4.78, 5) is 2.11. The minimum Gasteiger partial charge on any atom is -0.382 e. The lowest BCUT2D eigenvalue weighted by molar-refractivity contribution is -0.0975. The standard InChI is InChI=1S/C16H26N2O/c1-6-19-15-11-14(16(15,2)3)17-12-7-9-13(10-8-12)18(4)5/h7-10,14-15,17H,6,11H2,1-5H3. The highest BCUT2D eigenvalue weighted by atomic mass is 16.5. The van der Waals surface area contributed by atoms with Gasteiger partial charge >= 0.3 is 0 Å². The van der Waals surface area contributed by atoms with Crippen molar-refractivity contribution in [1.29, 1.82) is 0 Å². The molecular weight excluding hydrogens is 236 g/mol. The van der Waals surface area contributed by atoms with Gasteiger partial charge in [0.2, 0.25) is 0 Å². The number of nitrogens with zero attached hydrogens (tertiary/aromatic N) is 1. The van der Waals surface area contributed by atoms with Crippen LogP contribution >= 0.6 is 0 Å². The Kier molecular flexibility index (Phi) is 4.04. The van der Waals surface area contributed by atoms with E-state index in [2.05, 4.69) is 69.3 Å². The van der Waals surface area contributed by atoms with E-state index in [1.165, 1.54) is 11.4 Å². The predicted octanol–water partition coefficient (Wildman–Crippen LogP) is 3.37. The first-order chi connectivity index (χ1) is 8.95. The van der Waals surface area contributed by atoms with Crippen LogP contribution in [0.15, 0.2) is 24.3 Å². The highest BCUT2D eigenvalue weighted by Crippen LogP contribution is 2.44. The molecule has 0 bridgehead atoms. The average Bonchev–Trinajstić information content (AvgIpc) is 2.38. The SMILES string of the molecule is CCOC1CC(Nc2ccc(N(C)C)cc2)C1(C)C. The highest BCUT2D eigenvalue weighted by molar-refractivity contribution is 5.55. The summed E-state index contributed by atoms with van der Waals surface area (Å²) in [7, 11) is 4.12. The molecule has 0 aliphatic heterocycles. The van der Waals surface area contributed by atoms with Crippen LogP contribution < -0.4 is 10.2 Å². The smallest absolute Gasteiger partial charge is 0.0665 e. The maximum absolute atomic E-state index is 5.76. The van der Waals surface area contributed by atoms with Crippen LogP contribution in [0.2, 0.25) is 0 Å². The van der Waals surface area contributed by atoms with E-state index in [4.69, 9.17) is 4.74 Å². The molecule has 1 aromatic rings. The molecule has 0 aromatic heterocycles. The number of rotatable bonds is 5. The molecule has 0 radical (unpaired) electrons. The van der Waals surface area contributed by atoms with E-state index < -0.39 is 0 Å². The van der Waals surface area contributed by atoms with Gasteiger partial charge in [0.1, 0.15) is 0 Å². The van der Waals surface area contributed by atoms with Gasteiger partial charge in [-0.1, -0.05) is 13.8 Å². The molecule has 0 amide bonds. The van der Waals surface area contributed by atoms with Gasteiger partial charge < -0.3 is 15.0 Å². The van der Waals surface area contributed by atoms with Gasteiger partial charge in [0, 0.05) is 43.5 Å². The van der Waals surface area contributed by atoms with Gasteiger partial charge in [-0.3, -0.25) is 0 Å². The van der Waals surface area contributed by atoms with Crippen LogP contribution in [0, 0.1) is 5.41 Å². The Morgan fingerprint density at radius 2 is 1.89 bits per heavy atom. The van der Waals surface area contributed by atoms with Crippen LogP contribution in [0.25, 0.3) is 0 Å². The van der Waals surface area contributed by atoms with Gasteiger partial charge in [-0.25, -0.2) is 0 Å². The normalized spacial score (nSPS) is 24.7. The maximum Gasteiger partial charge on any atom is 0.0665 e. The van der Waals surface area contributed by atoms with E-state index >= 15 is 0 Å². The molecule has 19 heavy (non-hydrogen) atoms. The second kappa shape index (κ2) is 5.41. The summed E-state index contributed by atoms with van der Waals surface area (Å²) in [5.41, 5.74) is 2.63. The Morgan fingerprint density at radius 1 is 1.26 bits per heavy atom. The maximum atomic E-state index is 5.76. The summed E-state index contributed by atoms with van der Waals surface area (Å²) < 4.78 is 5.76. The summed E-state index contributed by atoms with van der Waals surface area (Å²) >= 11 is 0. The summed E-state index contributed by atoms with van der Waals surface area (Å²) in [6.45, 7) is 7.43. The molecule has 1 N–H and O–H groups in total. The molecule has 2 rings (SSSR count). The fourth-order valence-electron chi connectivity index (χ4n) is 2.67. The fraction of sp³-hybridized carbons (Fsp3) is 0.625. The summed E-state index contributed by atoms with van der Waals surface area (Å²) in [6.07, 6.45) is 1.48. The third-order valence-electron chi connectivity index (χ3n) is 4.27.